The Bertz CT molecular complexity index is 828. The molecule has 1 aliphatic carbocycles. The molecule has 2 heterocycles. The van der Waals surface area contributed by atoms with Crippen LogP contribution >= 0.6 is 11.8 Å². The van der Waals surface area contributed by atoms with Gasteiger partial charge in [0.1, 0.15) is 5.71 Å². The van der Waals surface area contributed by atoms with Gasteiger partial charge in [0.25, 0.3) is 5.91 Å². The Hall–Kier alpha value is -2.35. The molecule has 1 unspecified atom stereocenters. The van der Waals surface area contributed by atoms with Crippen molar-refractivity contribution in [1.82, 2.24) is 10.3 Å². The molecule has 4 rings (SSSR count). The van der Waals surface area contributed by atoms with Gasteiger partial charge in [-0.2, -0.15) is 5.10 Å². The molecule has 2 N–H and O–H groups in total. The fourth-order valence-electron chi connectivity index (χ4n) is 4.14. The first-order valence-electron chi connectivity index (χ1n) is 9.60. The third-order valence-electron chi connectivity index (χ3n) is 6.06. The average molecular weight is 401 g/mol. The first-order chi connectivity index (χ1) is 13.5. The van der Waals surface area contributed by atoms with Gasteiger partial charge in [0.15, 0.2) is 0 Å². The topological polar surface area (TPSA) is 90.9 Å². The van der Waals surface area contributed by atoms with Crippen LogP contribution in [-0.2, 0) is 14.4 Å². The molecule has 28 heavy (non-hydrogen) atoms. The van der Waals surface area contributed by atoms with Gasteiger partial charge in [-0.15, -0.1) is 11.8 Å². The van der Waals surface area contributed by atoms with Crippen LogP contribution in [0.3, 0.4) is 0 Å². The molecule has 1 aromatic rings. The highest BCUT2D eigenvalue weighted by molar-refractivity contribution is 7.98. The Morgan fingerprint density at radius 2 is 1.93 bits per heavy atom. The lowest BCUT2D eigenvalue weighted by Gasteiger charge is -2.33. The third kappa shape index (κ3) is 3.78. The molecular weight excluding hydrogens is 376 g/mol. The van der Waals surface area contributed by atoms with E-state index in [2.05, 4.69) is 15.8 Å². The van der Waals surface area contributed by atoms with E-state index in [0.29, 0.717) is 31.6 Å². The monoisotopic (exact) mass is 400 g/mol. The van der Waals surface area contributed by atoms with Gasteiger partial charge in [-0.3, -0.25) is 14.4 Å². The van der Waals surface area contributed by atoms with Gasteiger partial charge in [-0.05, 0) is 55.2 Å². The number of carbonyl (C=O) groups excluding carboxylic acids is 3. The third-order valence-corrected chi connectivity index (χ3v) is 6.81. The molecule has 1 aromatic carbocycles. The number of hydrazone groups is 1. The number of amides is 3. The highest BCUT2D eigenvalue weighted by Crippen LogP contribution is 2.59. The number of anilines is 1. The fraction of sp³-hybridized carbons (Fsp3) is 0.500. The fourth-order valence-corrected chi connectivity index (χ4v) is 4.55. The highest BCUT2D eigenvalue weighted by Gasteiger charge is 2.58. The second-order valence-electron chi connectivity index (χ2n) is 7.72. The minimum Gasteiger partial charge on any atom is -0.338 e. The van der Waals surface area contributed by atoms with Crippen LogP contribution in [0.15, 0.2) is 34.3 Å². The van der Waals surface area contributed by atoms with E-state index in [1.54, 1.807) is 16.7 Å². The summed E-state index contributed by atoms with van der Waals surface area (Å²) in [6.07, 6.45) is 5.29. The van der Waals surface area contributed by atoms with Crippen LogP contribution in [0.5, 0.6) is 0 Å². The molecule has 0 radical (unpaired) electrons. The van der Waals surface area contributed by atoms with Crippen molar-refractivity contribution in [3.05, 3.63) is 24.3 Å². The van der Waals surface area contributed by atoms with E-state index in [-0.39, 0.29) is 29.1 Å². The number of thioether (sulfide) groups is 1. The van der Waals surface area contributed by atoms with Gasteiger partial charge in [0.2, 0.25) is 11.8 Å². The Kier molecular flexibility index (Phi) is 5.14. The summed E-state index contributed by atoms with van der Waals surface area (Å²) >= 11 is 1.67. The summed E-state index contributed by atoms with van der Waals surface area (Å²) in [4.78, 5) is 39.4. The quantitative estimate of drug-likeness (QED) is 0.759. The number of likely N-dealkylation sites (tertiary alicyclic amines) is 1. The standard InChI is InChI=1S/C20H24N4O3S/c1-28-14-4-2-13(3-5-14)21-18(26)15-12-20(15)8-10-24(11-9-20)19(27)16-6-7-17(25)23-22-16/h2-5,15H,6-12H2,1H3,(H,21,26)(H,23,25). The van der Waals surface area contributed by atoms with Crippen LogP contribution in [-0.4, -0.2) is 47.7 Å². The lowest BCUT2D eigenvalue weighted by molar-refractivity contribution is -0.126. The molecule has 1 spiro atoms. The largest absolute Gasteiger partial charge is 0.338 e. The molecule has 2 aliphatic heterocycles. The molecule has 1 atom stereocenters. The normalized spacial score (nSPS) is 23.0. The molecule has 8 heteroatoms. The van der Waals surface area contributed by atoms with Crippen LogP contribution < -0.4 is 10.7 Å². The Balaban J connectivity index is 1.29. The minimum atomic E-state index is -0.149. The average Bonchev–Trinajstić information content (AvgIpc) is 3.42. The Morgan fingerprint density at radius 3 is 2.54 bits per heavy atom. The van der Waals surface area contributed by atoms with Crippen LogP contribution in [0.25, 0.3) is 0 Å². The number of rotatable bonds is 4. The summed E-state index contributed by atoms with van der Waals surface area (Å²) in [6.45, 7) is 1.27. The van der Waals surface area contributed by atoms with Crippen molar-refractivity contribution >= 4 is 40.9 Å². The maximum absolute atomic E-state index is 12.6. The smallest absolute Gasteiger partial charge is 0.270 e. The molecule has 1 saturated carbocycles. The van der Waals surface area contributed by atoms with Gasteiger partial charge in [-0.25, -0.2) is 5.43 Å². The van der Waals surface area contributed by atoms with Gasteiger partial charge in [0.05, 0.1) is 0 Å². The molecule has 7 nitrogen and oxygen atoms in total. The van der Waals surface area contributed by atoms with Crippen molar-refractivity contribution in [2.75, 3.05) is 24.7 Å². The van der Waals surface area contributed by atoms with Crippen molar-refractivity contribution in [3.63, 3.8) is 0 Å². The van der Waals surface area contributed by atoms with E-state index in [4.69, 9.17) is 0 Å². The summed E-state index contributed by atoms with van der Waals surface area (Å²) < 4.78 is 0. The summed E-state index contributed by atoms with van der Waals surface area (Å²) in [5.74, 6) is -0.137. The first-order valence-corrected chi connectivity index (χ1v) is 10.8. The van der Waals surface area contributed by atoms with E-state index >= 15 is 0 Å². The van der Waals surface area contributed by atoms with Gasteiger partial charge >= 0.3 is 0 Å². The first kappa shape index (κ1) is 19.0. The molecular formula is C20H24N4O3S. The molecule has 0 bridgehead atoms. The maximum Gasteiger partial charge on any atom is 0.270 e. The van der Waals surface area contributed by atoms with Crippen molar-refractivity contribution in [2.24, 2.45) is 16.4 Å². The van der Waals surface area contributed by atoms with Crippen molar-refractivity contribution in [1.29, 1.82) is 0 Å². The van der Waals surface area contributed by atoms with E-state index in [1.165, 1.54) is 4.90 Å². The van der Waals surface area contributed by atoms with E-state index in [9.17, 15) is 14.4 Å². The van der Waals surface area contributed by atoms with Crippen LogP contribution in [0.2, 0.25) is 0 Å². The number of benzene rings is 1. The zero-order valence-electron chi connectivity index (χ0n) is 15.9. The number of nitrogens with one attached hydrogen (secondary N) is 2. The van der Waals surface area contributed by atoms with E-state index in [1.807, 2.05) is 30.5 Å². The van der Waals surface area contributed by atoms with Crippen molar-refractivity contribution in [3.8, 4) is 0 Å². The predicted molar refractivity (Wildman–Crippen MR) is 108 cm³/mol. The molecule has 3 amide bonds. The Labute approximate surface area is 168 Å². The van der Waals surface area contributed by atoms with Crippen molar-refractivity contribution in [2.45, 2.75) is 37.0 Å². The number of piperidine rings is 1. The second kappa shape index (κ2) is 7.58. The lowest BCUT2D eigenvalue weighted by Crippen LogP contribution is -2.45. The minimum absolute atomic E-state index is 0.0243. The number of carbonyl (C=O) groups is 3. The summed E-state index contributed by atoms with van der Waals surface area (Å²) in [5.41, 5.74) is 3.66. The van der Waals surface area contributed by atoms with E-state index < -0.39 is 0 Å². The number of hydrogen-bond donors (Lipinski definition) is 2. The summed E-state index contributed by atoms with van der Waals surface area (Å²) in [7, 11) is 0. The van der Waals surface area contributed by atoms with Gasteiger partial charge < -0.3 is 10.2 Å². The van der Waals surface area contributed by atoms with Crippen LogP contribution in [0.1, 0.15) is 32.1 Å². The molecule has 1 saturated heterocycles. The summed E-state index contributed by atoms with van der Waals surface area (Å²) in [6, 6.07) is 7.88. The number of hydrogen-bond acceptors (Lipinski definition) is 5. The van der Waals surface area contributed by atoms with Gasteiger partial charge in [-0.1, -0.05) is 0 Å². The Morgan fingerprint density at radius 1 is 1.21 bits per heavy atom. The lowest BCUT2D eigenvalue weighted by atomic mass is 9.90. The second-order valence-corrected chi connectivity index (χ2v) is 8.60. The van der Waals surface area contributed by atoms with E-state index in [0.717, 1.165) is 24.9 Å². The van der Waals surface area contributed by atoms with Crippen LogP contribution in [0, 0.1) is 11.3 Å². The molecule has 148 valence electrons. The molecule has 0 aromatic heterocycles. The van der Waals surface area contributed by atoms with Crippen molar-refractivity contribution < 1.29 is 14.4 Å². The van der Waals surface area contributed by atoms with Crippen LogP contribution in [0.4, 0.5) is 5.69 Å². The highest BCUT2D eigenvalue weighted by atomic mass is 32.2. The SMILES string of the molecule is CSc1ccc(NC(=O)C2CC23CCN(C(=O)C2=NNC(=O)CC2)CC3)cc1. The van der Waals surface area contributed by atoms with Gasteiger partial charge in [0, 0.05) is 42.4 Å². The predicted octanol–water partition coefficient (Wildman–Crippen LogP) is 2.24. The molecule has 2 fully saturated rings. The zero-order valence-corrected chi connectivity index (χ0v) is 16.7. The molecule has 3 aliphatic rings. The summed E-state index contributed by atoms with van der Waals surface area (Å²) in [5, 5.41) is 6.93. The zero-order chi connectivity index (χ0) is 19.7. The number of nitrogens with zero attached hydrogens (tertiary/aromatic N) is 2. The maximum atomic E-state index is 12.6.